The van der Waals surface area contributed by atoms with E-state index in [1.165, 1.54) is 0 Å². The highest BCUT2D eigenvalue weighted by atomic mass is 79.9. The van der Waals surface area contributed by atoms with Gasteiger partial charge in [-0.25, -0.2) is 0 Å². The number of nitrogens with zero attached hydrogens (tertiary/aromatic N) is 1. The zero-order chi connectivity index (χ0) is 12.4. The molecule has 0 aliphatic carbocycles. The SMILES string of the molecule is CN1CCC(Oc2ccc(Br)cc2C=O)C1=O. The summed E-state index contributed by atoms with van der Waals surface area (Å²) in [6.45, 7) is 0.691. The molecule has 1 aromatic rings. The lowest BCUT2D eigenvalue weighted by Crippen LogP contribution is -2.29. The van der Waals surface area contributed by atoms with Gasteiger partial charge < -0.3 is 9.64 Å². The van der Waals surface area contributed by atoms with Crippen LogP contribution in [0.5, 0.6) is 5.75 Å². The standard InChI is InChI=1S/C12H12BrNO3/c1-14-5-4-11(12(14)16)17-10-3-2-9(13)6-8(10)7-15/h2-3,6-7,11H,4-5H2,1H3. The second kappa shape index (κ2) is 4.87. The summed E-state index contributed by atoms with van der Waals surface area (Å²) >= 11 is 3.28. The van der Waals surface area contributed by atoms with Crippen molar-refractivity contribution in [3.05, 3.63) is 28.2 Å². The molecular weight excluding hydrogens is 286 g/mol. The van der Waals surface area contributed by atoms with E-state index in [0.717, 1.165) is 10.8 Å². The Morgan fingerprint density at radius 2 is 2.29 bits per heavy atom. The summed E-state index contributed by atoms with van der Waals surface area (Å²) in [6.07, 6.45) is 0.910. The molecule has 2 rings (SSSR count). The van der Waals surface area contributed by atoms with E-state index >= 15 is 0 Å². The molecule has 90 valence electrons. The van der Waals surface area contributed by atoms with Crippen molar-refractivity contribution in [2.75, 3.05) is 13.6 Å². The molecule has 1 saturated heterocycles. The Morgan fingerprint density at radius 1 is 1.53 bits per heavy atom. The van der Waals surface area contributed by atoms with Gasteiger partial charge in [0.2, 0.25) is 0 Å². The topological polar surface area (TPSA) is 46.6 Å². The third-order valence-electron chi connectivity index (χ3n) is 2.75. The first-order valence-corrected chi connectivity index (χ1v) is 6.07. The highest BCUT2D eigenvalue weighted by Gasteiger charge is 2.31. The van der Waals surface area contributed by atoms with Crippen LogP contribution in [0, 0.1) is 0 Å². The summed E-state index contributed by atoms with van der Waals surface area (Å²) in [6, 6.07) is 5.15. The zero-order valence-corrected chi connectivity index (χ0v) is 10.9. The van der Waals surface area contributed by atoms with Gasteiger partial charge in [0.15, 0.2) is 12.4 Å². The predicted molar refractivity (Wildman–Crippen MR) is 66.2 cm³/mol. The summed E-state index contributed by atoms with van der Waals surface area (Å²) in [7, 11) is 1.74. The highest BCUT2D eigenvalue weighted by molar-refractivity contribution is 9.10. The fourth-order valence-electron chi connectivity index (χ4n) is 1.77. The molecule has 0 bridgehead atoms. The van der Waals surface area contributed by atoms with Gasteiger partial charge in [0.1, 0.15) is 5.75 Å². The molecule has 1 aliphatic heterocycles. The Kier molecular flexibility index (Phi) is 3.47. The fourth-order valence-corrected chi connectivity index (χ4v) is 2.15. The minimum Gasteiger partial charge on any atom is -0.480 e. The van der Waals surface area contributed by atoms with Crippen LogP contribution < -0.4 is 4.74 Å². The zero-order valence-electron chi connectivity index (χ0n) is 9.35. The molecule has 0 N–H and O–H groups in total. The molecule has 1 unspecified atom stereocenters. The van der Waals surface area contributed by atoms with Crippen LogP contribution in [-0.2, 0) is 4.79 Å². The molecule has 5 heteroatoms. The van der Waals surface area contributed by atoms with Crippen molar-refractivity contribution >= 4 is 28.1 Å². The lowest BCUT2D eigenvalue weighted by atomic mass is 10.2. The molecular formula is C12H12BrNO3. The molecule has 0 radical (unpaired) electrons. The van der Waals surface area contributed by atoms with Crippen molar-refractivity contribution in [2.45, 2.75) is 12.5 Å². The molecule has 0 saturated carbocycles. The van der Waals surface area contributed by atoms with Crippen molar-refractivity contribution in [3.8, 4) is 5.75 Å². The van der Waals surface area contributed by atoms with Crippen LogP contribution in [0.3, 0.4) is 0 Å². The van der Waals surface area contributed by atoms with Crippen molar-refractivity contribution in [2.24, 2.45) is 0 Å². The maximum Gasteiger partial charge on any atom is 0.263 e. The van der Waals surface area contributed by atoms with Crippen LogP contribution >= 0.6 is 15.9 Å². The smallest absolute Gasteiger partial charge is 0.263 e. The molecule has 1 heterocycles. The number of rotatable bonds is 3. The number of hydrogen-bond donors (Lipinski definition) is 0. The van der Waals surface area contributed by atoms with Crippen LogP contribution in [0.15, 0.2) is 22.7 Å². The summed E-state index contributed by atoms with van der Waals surface area (Å²) < 4.78 is 6.40. The van der Waals surface area contributed by atoms with Crippen LogP contribution in [0.2, 0.25) is 0 Å². The molecule has 0 aromatic heterocycles. The molecule has 17 heavy (non-hydrogen) atoms. The third kappa shape index (κ3) is 2.49. The third-order valence-corrected chi connectivity index (χ3v) is 3.24. The second-order valence-corrected chi connectivity index (χ2v) is 4.87. The molecule has 0 spiro atoms. The quantitative estimate of drug-likeness (QED) is 0.800. The van der Waals surface area contributed by atoms with Crippen LogP contribution in [0.25, 0.3) is 0 Å². The minimum absolute atomic E-state index is 0.0373. The first kappa shape index (κ1) is 12.1. The van der Waals surface area contributed by atoms with Crippen molar-refractivity contribution < 1.29 is 14.3 Å². The first-order chi connectivity index (χ1) is 8.11. The van der Waals surface area contributed by atoms with E-state index in [-0.39, 0.29) is 5.91 Å². The van der Waals surface area contributed by atoms with E-state index in [1.807, 2.05) is 0 Å². The van der Waals surface area contributed by atoms with Gasteiger partial charge in [-0.15, -0.1) is 0 Å². The summed E-state index contributed by atoms with van der Waals surface area (Å²) in [4.78, 5) is 24.2. The first-order valence-electron chi connectivity index (χ1n) is 5.28. The molecule has 1 amide bonds. The number of benzene rings is 1. The Bertz CT molecular complexity index is 461. The van der Waals surface area contributed by atoms with Gasteiger partial charge in [0.05, 0.1) is 5.56 Å². The van der Waals surface area contributed by atoms with Crippen LogP contribution in [0.4, 0.5) is 0 Å². The number of likely N-dealkylation sites (tertiary alicyclic amines) is 1. The van der Waals surface area contributed by atoms with Crippen molar-refractivity contribution in [1.82, 2.24) is 4.90 Å². The average Bonchev–Trinajstić information content (AvgIpc) is 2.63. The molecule has 1 fully saturated rings. The number of carbonyl (C=O) groups excluding carboxylic acids is 2. The van der Waals surface area contributed by atoms with Crippen LogP contribution in [0.1, 0.15) is 16.8 Å². The molecule has 4 nitrogen and oxygen atoms in total. The minimum atomic E-state index is -0.472. The normalized spacial score (nSPS) is 19.5. The van der Waals surface area contributed by atoms with Gasteiger partial charge in [-0.3, -0.25) is 9.59 Å². The number of likely N-dealkylation sites (N-methyl/N-ethyl adjacent to an activating group) is 1. The summed E-state index contributed by atoms with van der Waals surface area (Å²) in [5.74, 6) is 0.418. The van der Waals surface area contributed by atoms with E-state index in [0.29, 0.717) is 24.3 Å². The predicted octanol–water partition coefficient (Wildman–Crippen LogP) is 1.87. The van der Waals surface area contributed by atoms with Crippen molar-refractivity contribution in [1.29, 1.82) is 0 Å². The maximum atomic E-state index is 11.7. The van der Waals surface area contributed by atoms with Gasteiger partial charge in [-0.1, -0.05) is 15.9 Å². The monoisotopic (exact) mass is 297 g/mol. The maximum absolute atomic E-state index is 11.7. The average molecular weight is 298 g/mol. The highest BCUT2D eigenvalue weighted by Crippen LogP contribution is 2.25. The van der Waals surface area contributed by atoms with Gasteiger partial charge in [0, 0.05) is 24.5 Å². The Hall–Kier alpha value is -1.36. The fraction of sp³-hybridized carbons (Fsp3) is 0.333. The molecule has 1 aromatic carbocycles. The Balaban J connectivity index is 2.19. The Morgan fingerprint density at radius 3 is 2.88 bits per heavy atom. The molecule has 1 aliphatic rings. The number of carbonyl (C=O) groups is 2. The number of ether oxygens (including phenoxy) is 1. The lowest BCUT2D eigenvalue weighted by Gasteiger charge is -2.14. The van der Waals surface area contributed by atoms with Crippen molar-refractivity contribution in [3.63, 3.8) is 0 Å². The number of halogens is 1. The van der Waals surface area contributed by atoms with E-state index < -0.39 is 6.10 Å². The van der Waals surface area contributed by atoms with Crippen LogP contribution in [-0.4, -0.2) is 36.8 Å². The number of hydrogen-bond acceptors (Lipinski definition) is 3. The van der Waals surface area contributed by atoms with Gasteiger partial charge in [-0.05, 0) is 18.2 Å². The van der Waals surface area contributed by atoms with E-state index in [1.54, 1.807) is 30.1 Å². The number of aldehydes is 1. The molecule has 1 atom stereocenters. The number of amides is 1. The van der Waals surface area contributed by atoms with E-state index in [4.69, 9.17) is 4.74 Å². The van der Waals surface area contributed by atoms with Gasteiger partial charge >= 0.3 is 0 Å². The van der Waals surface area contributed by atoms with Gasteiger partial charge in [-0.2, -0.15) is 0 Å². The van der Waals surface area contributed by atoms with Gasteiger partial charge in [0.25, 0.3) is 5.91 Å². The van der Waals surface area contributed by atoms with E-state index in [2.05, 4.69) is 15.9 Å². The summed E-state index contributed by atoms with van der Waals surface area (Å²) in [5, 5.41) is 0. The van der Waals surface area contributed by atoms with E-state index in [9.17, 15) is 9.59 Å². The summed E-state index contributed by atoms with van der Waals surface area (Å²) in [5.41, 5.74) is 0.446. The second-order valence-electron chi connectivity index (χ2n) is 3.95. The largest absolute Gasteiger partial charge is 0.480 e. The Labute approximate surface area is 108 Å². The lowest BCUT2D eigenvalue weighted by molar-refractivity contribution is -0.132.